The number of carbonyl (C=O) groups excluding carboxylic acids is 1. The second-order valence-electron chi connectivity index (χ2n) is 5.27. The fourth-order valence-corrected chi connectivity index (χ4v) is 2.28. The van der Waals surface area contributed by atoms with Crippen molar-refractivity contribution in [3.63, 3.8) is 0 Å². The van der Waals surface area contributed by atoms with Gasteiger partial charge in [-0.15, -0.1) is 5.10 Å². The van der Waals surface area contributed by atoms with E-state index in [0.717, 1.165) is 0 Å². The number of benzene rings is 2. The lowest BCUT2D eigenvalue weighted by Crippen LogP contribution is -2.45. The maximum atomic E-state index is 11.7. The van der Waals surface area contributed by atoms with Gasteiger partial charge in [0.15, 0.2) is 5.78 Å². The summed E-state index contributed by atoms with van der Waals surface area (Å²) in [6.07, 6.45) is 0. The van der Waals surface area contributed by atoms with Crippen molar-refractivity contribution in [1.29, 1.82) is 0 Å². The molecule has 11 heteroatoms. The summed E-state index contributed by atoms with van der Waals surface area (Å²) in [5.41, 5.74) is 3.05. The lowest BCUT2D eigenvalue weighted by Gasteiger charge is -2.27. The second-order valence-corrected chi connectivity index (χ2v) is 5.27. The summed E-state index contributed by atoms with van der Waals surface area (Å²) in [6.45, 7) is 1.30. The molecular weight excluding hydrogens is 344 g/mol. The molecule has 0 saturated heterocycles. The van der Waals surface area contributed by atoms with Crippen LogP contribution in [0, 0.1) is 20.2 Å². The van der Waals surface area contributed by atoms with Crippen LogP contribution in [0.25, 0.3) is 0 Å². The van der Waals surface area contributed by atoms with E-state index in [1.165, 1.54) is 53.6 Å². The van der Waals surface area contributed by atoms with Gasteiger partial charge in [0.25, 0.3) is 11.4 Å². The first-order chi connectivity index (χ1) is 12.4. The number of hydrazone groups is 1. The van der Waals surface area contributed by atoms with E-state index in [0.29, 0.717) is 11.4 Å². The molecule has 1 N–H and O–H groups in total. The number of nitrogens with zero attached hydrogens (tertiary/aromatic N) is 5. The number of anilines is 2. The van der Waals surface area contributed by atoms with Gasteiger partial charge >= 0.3 is 0 Å². The van der Waals surface area contributed by atoms with E-state index in [9.17, 15) is 25.0 Å². The van der Waals surface area contributed by atoms with Crippen molar-refractivity contribution in [3.05, 3.63) is 68.8 Å². The van der Waals surface area contributed by atoms with Gasteiger partial charge in [-0.05, 0) is 12.1 Å². The number of carbonyl (C=O) groups is 1. The van der Waals surface area contributed by atoms with Crippen LogP contribution in [0.4, 0.5) is 22.7 Å². The fraction of sp³-hybridized carbons (Fsp3) is 0.0667. The SMILES string of the molecule is CC(=O)C1=NN(c2cccc([N+](=O)[O-])c2)N(c2cccc([N+](=O)[O-])c2)N1. The van der Waals surface area contributed by atoms with Crippen molar-refractivity contribution in [2.45, 2.75) is 6.92 Å². The van der Waals surface area contributed by atoms with Gasteiger partial charge in [0.05, 0.1) is 21.2 Å². The molecule has 3 rings (SSSR count). The number of rotatable bonds is 5. The van der Waals surface area contributed by atoms with E-state index in [4.69, 9.17) is 0 Å². The summed E-state index contributed by atoms with van der Waals surface area (Å²) in [6, 6.07) is 11.3. The molecule has 0 spiro atoms. The van der Waals surface area contributed by atoms with Crippen LogP contribution in [0.5, 0.6) is 0 Å². The number of ketones is 1. The van der Waals surface area contributed by atoms with Gasteiger partial charge in [-0.25, -0.2) is 0 Å². The zero-order valence-electron chi connectivity index (χ0n) is 13.4. The molecule has 0 amide bonds. The number of nitro benzene ring substituents is 2. The predicted octanol–water partition coefficient (Wildman–Crippen LogP) is 2.15. The van der Waals surface area contributed by atoms with Crippen LogP contribution in [0.2, 0.25) is 0 Å². The average molecular weight is 356 g/mol. The third kappa shape index (κ3) is 3.13. The predicted molar refractivity (Wildman–Crippen MR) is 92.4 cm³/mol. The molecule has 1 aliphatic heterocycles. The topological polar surface area (TPSA) is 134 Å². The Morgan fingerprint density at radius 3 is 2.08 bits per heavy atom. The minimum Gasteiger partial charge on any atom is -0.291 e. The first-order valence-corrected chi connectivity index (χ1v) is 7.32. The fourth-order valence-electron chi connectivity index (χ4n) is 2.28. The van der Waals surface area contributed by atoms with Gasteiger partial charge in [-0.2, -0.15) is 10.2 Å². The highest BCUT2D eigenvalue weighted by Gasteiger charge is 2.29. The summed E-state index contributed by atoms with van der Waals surface area (Å²) in [5.74, 6) is -0.378. The number of Topliss-reactive ketones (excluding diaryl/α,β-unsaturated/α-hetero) is 1. The molecule has 132 valence electrons. The Balaban J connectivity index is 2.05. The Morgan fingerprint density at radius 1 is 1.00 bits per heavy atom. The normalized spacial score (nSPS) is 13.2. The molecule has 1 aliphatic rings. The van der Waals surface area contributed by atoms with Crippen LogP contribution >= 0.6 is 0 Å². The lowest BCUT2D eigenvalue weighted by molar-refractivity contribution is -0.385. The van der Waals surface area contributed by atoms with Crippen LogP contribution < -0.4 is 15.7 Å². The zero-order valence-corrected chi connectivity index (χ0v) is 13.4. The van der Waals surface area contributed by atoms with E-state index in [2.05, 4.69) is 10.5 Å². The number of hydrogen-bond donors (Lipinski definition) is 1. The summed E-state index contributed by atoms with van der Waals surface area (Å²) in [7, 11) is 0. The molecule has 0 unspecified atom stereocenters. The molecular formula is C15H12N6O5. The van der Waals surface area contributed by atoms with E-state index in [1.807, 2.05) is 0 Å². The van der Waals surface area contributed by atoms with Crippen LogP contribution in [0.1, 0.15) is 6.92 Å². The number of hydrogen-bond acceptors (Lipinski definition) is 9. The number of nitrogens with one attached hydrogen (secondary N) is 1. The lowest BCUT2D eigenvalue weighted by atomic mass is 10.2. The Kier molecular flexibility index (Phi) is 4.19. The van der Waals surface area contributed by atoms with Crippen LogP contribution in [0.3, 0.4) is 0 Å². The molecule has 0 aliphatic carbocycles. The largest absolute Gasteiger partial charge is 0.291 e. The standard InChI is InChI=1S/C15H12N6O5/c1-10(22)15-16-18(11-4-2-6-13(8-11)20(23)24)19(17-15)12-5-3-7-14(9-12)21(25)26/h2-9H,1H3,(H,16,17). The minimum absolute atomic E-state index is 0.0111. The number of amidine groups is 1. The van der Waals surface area contributed by atoms with Crippen LogP contribution in [-0.4, -0.2) is 21.5 Å². The monoisotopic (exact) mass is 356 g/mol. The van der Waals surface area contributed by atoms with Crippen molar-refractivity contribution in [3.8, 4) is 0 Å². The first kappa shape index (κ1) is 16.8. The van der Waals surface area contributed by atoms with E-state index in [-0.39, 0.29) is 23.0 Å². The summed E-state index contributed by atoms with van der Waals surface area (Å²) in [4.78, 5) is 32.6. The molecule has 1 heterocycles. The third-order valence-corrected chi connectivity index (χ3v) is 3.49. The van der Waals surface area contributed by atoms with Gasteiger partial charge in [-0.1, -0.05) is 12.1 Å². The maximum Gasteiger partial charge on any atom is 0.271 e. The van der Waals surface area contributed by atoms with E-state index < -0.39 is 9.85 Å². The second kappa shape index (κ2) is 6.47. The molecule has 0 radical (unpaired) electrons. The zero-order chi connectivity index (χ0) is 18.8. The quantitative estimate of drug-likeness (QED) is 0.636. The van der Waals surface area contributed by atoms with Crippen LogP contribution in [0.15, 0.2) is 53.6 Å². The third-order valence-electron chi connectivity index (χ3n) is 3.49. The average Bonchev–Trinajstić information content (AvgIpc) is 3.07. The molecule has 0 bridgehead atoms. The highest BCUT2D eigenvalue weighted by Crippen LogP contribution is 2.29. The van der Waals surface area contributed by atoms with E-state index in [1.54, 1.807) is 12.1 Å². The van der Waals surface area contributed by atoms with Gasteiger partial charge in [-0.3, -0.25) is 30.4 Å². The summed E-state index contributed by atoms with van der Waals surface area (Å²) >= 11 is 0. The molecule has 2 aromatic carbocycles. The summed E-state index contributed by atoms with van der Waals surface area (Å²) < 4.78 is 0. The Hall–Kier alpha value is -4.02. The molecule has 11 nitrogen and oxygen atoms in total. The molecule has 0 saturated carbocycles. The van der Waals surface area contributed by atoms with Crippen molar-refractivity contribution < 1.29 is 14.6 Å². The number of hydrazine groups is 2. The molecule has 26 heavy (non-hydrogen) atoms. The highest BCUT2D eigenvalue weighted by molar-refractivity contribution is 6.38. The molecule has 0 atom stereocenters. The Labute approximate surface area is 146 Å². The summed E-state index contributed by atoms with van der Waals surface area (Å²) in [5, 5.41) is 28.6. The van der Waals surface area contributed by atoms with Gasteiger partial charge in [0, 0.05) is 31.2 Å². The number of non-ortho nitro benzene ring substituents is 2. The first-order valence-electron chi connectivity index (χ1n) is 7.32. The van der Waals surface area contributed by atoms with Gasteiger partial charge < -0.3 is 0 Å². The Bertz CT molecular complexity index is 944. The van der Waals surface area contributed by atoms with Crippen molar-refractivity contribution in [2.75, 3.05) is 10.2 Å². The van der Waals surface area contributed by atoms with Crippen LogP contribution in [-0.2, 0) is 4.79 Å². The van der Waals surface area contributed by atoms with Gasteiger partial charge in [0.2, 0.25) is 5.84 Å². The maximum absolute atomic E-state index is 11.7. The van der Waals surface area contributed by atoms with Crippen molar-refractivity contribution >= 4 is 34.4 Å². The van der Waals surface area contributed by atoms with Crippen molar-refractivity contribution in [2.24, 2.45) is 5.10 Å². The molecule has 0 aromatic heterocycles. The van der Waals surface area contributed by atoms with E-state index >= 15 is 0 Å². The highest BCUT2D eigenvalue weighted by atomic mass is 16.6. The van der Waals surface area contributed by atoms with Gasteiger partial charge in [0.1, 0.15) is 0 Å². The molecule has 2 aromatic rings. The smallest absolute Gasteiger partial charge is 0.271 e. The Morgan fingerprint density at radius 2 is 1.54 bits per heavy atom. The molecule has 0 fully saturated rings. The number of nitro groups is 2. The van der Waals surface area contributed by atoms with Crippen molar-refractivity contribution in [1.82, 2.24) is 5.43 Å². The minimum atomic E-state index is -0.555.